The monoisotopic (exact) mass is 409 g/mol. The second kappa shape index (κ2) is 12.3. The molecule has 0 fully saturated rings. The molecule has 0 saturated heterocycles. The Kier molecular flexibility index (Phi) is 9.37. The molecule has 2 rings (SSSR count). The van der Waals surface area contributed by atoms with Gasteiger partial charge in [-0.1, -0.05) is 42.5 Å². The molecule has 7 nitrogen and oxygen atoms in total. The Hall–Kier alpha value is -3.35. The molecule has 0 bridgehead atoms. The van der Waals surface area contributed by atoms with Crippen LogP contribution in [0.5, 0.6) is 0 Å². The molecule has 7 heteroatoms. The first-order chi connectivity index (χ1) is 14.5. The van der Waals surface area contributed by atoms with Crippen molar-refractivity contribution >= 4 is 17.8 Å². The second-order valence-electron chi connectivity index (χ2n) is 7.03. The number of hydrogen-bond donors (Lipinski definition) is 3. The molecule has 0 saturated carbocycles. The molecule has 2 amide bonds. The highest BCUT2D eigenvalue weighted by atomic mass is 16.2. The van der Waals surface area contributed by atoms with E-state index in [1.807, 2.05) is 49.4 Å². The van der Waals surface area contributed by atoms with Gasteiger partial charge >= 0.3 is 0 Å². The maximum Gasteiger partial charge on any atom is 0.253 e. The van der Waals surface area contributed by atoms with Crippen LogP contribution in [0.3, 0.4) is 0 Å². The molecular formula is C23H31N5O2. The van der Waals surface area contributed by atoms with Gasteiger partial charge in [0.15, 0.2) is 5.96 Å². The number of carbonyl (C=O) groups is 2. The van der Waals surface area contributed by atoms with Crippen LogP contribution in [0.2, 0.25) is 0 Å². The second-order valence-corrected chi connectivity index (χ2v) is 7.03. The van der Waals surface area contributed by atoms with E-state index >= 15 is 0 Å². The maximum absolute atomic E-state index is 12.1. The predicted molar refractivity (Wildman–Crippen MR) is 120 cm³/mol. The van der Waals surface area contributed by atoms with Gasteiger partial charge in [-0.05, 0) is 36.6 Å². The van der Waals surface area contributed by atoms with E-state index in [9.17, 15) is 9.59 Å². The first kappa shape index (κ1) is 22.9. The number of guanidine groups is 1. The van der Waals surface area contributed by atoms with Crippen LogP contribution in [0.1, 0.15) is 28.4 Å². The Morgan fingerprint density at radius 2 is 1.60 bits per heavy atom. The van der Waals surface area contributed by atoms with Crippen molar-refractivity contribution < 1.29 is 9.59 Å². The fraction of sp³-hybridized carbons (Fsp3) is 0.348. The van der Waals surface area contributed by atoms with Crippen molar-refractivity contribution in [3.8, 4) is 0 Å². The number of carbonyl (C=O) groups excluding carboxylic acids is 2. The topological polar surface area (TPSA) is 85.8 Å². The molecule has 2 aromatic carbocycles. The lowest BCUT2D eigenvalue weighted by atomic mass is 10.1. The van der Waals surface area contributed by atoms with E-state index in [0.717, 1.165) is 12.0 Å². The van der Waals surface area contributed by atoms with Gasteiger partial charge in [0.1, 0.15) is 0 Å². The number of benzene rings is 2. The van der Waals surface area contributed by atoms with Crippen LogP contribution >= 0.6 is 0 Å². The third-order valence-electron chi connectivity index (χ3n) is 4.37. The van der Waals surface area contributed by atoms with Crippen molar-refractivity contribution in [2.75, 3.05) is 33.7 Å². The minimum Gasteiger partial charge on any atom is -0.357 e. The fourth-order valence-corrected chi connectivity index (χ4v) is 2.74. The predicted octanol–water partition coefficient (Wildman–Crippen LogP) is 1.80. The third kappa shape index (κ3) is 7.95. The smallest absolute Gasteiger partial charge is 0.253 e. The van der Waals surface area contributed by atoms with Gasteiger partial charge < -0.3 is 20.9 Å². The Bertz CT molecular complexity index is 832. The van der Waals surface area contributed by atoms with Crippen molar-refractivity contribution in [1.82, 2.24) is 20.9 Å². The summed E-state index contributed by atoms with van der Waals surface area (Å²) in [4.78, 5) is 30.1. The molecule has 30 heavy (non-hydrogen) atoms. The summed E-state index contributed by atoms with van der Waals surface area (Å²) in [6, 6.07) is 17.4. The normalized spacial score (nSPS) is 11.0. The lowest BCUT2D eigenvalue weighted by Gasteiger charge is -2.12. The zero-order chi connectivity index (χ0) is 21.8. The number of hydrogen-bond acceptors (Lipinski definition) is 3. The lowest BCUT2D eigenvalue weighted by Crippen LogP contribution is -2.43. The van der Waals surface area contributed by atoms with Crippen LogP contribution in [0.15, 0.2) is 59.6 Å². The van der Waals surface area contributed by atoms with Gasteiger partial charge in [-0.25, -0.2) is 4.99 Å². The van der Waals surface area contributed by atoms with Crippen LogP contribution < -0.4 is 16.0 Å². The summed E-state index contributed by atoms with van der Waals surface area (Å²) in [7, 11) is 3.46. The van der Waals surface area contributed by atoms with E-state index in [-0.39, 0.29) is 18.4 Å². The highest BCUT2D eigenvalue weighted by Gasteiger charge is 2.07. The molecular weight excluding hydrogens is 378 g/mol. The van der Waals surface area contributed by atoms with E-state index < -0.39 is 0 Å². The summed E-state index contributed by atoms with van der Waals surface area (Å²) in [5.41, 5.74) is 2.82. The van der Waals surface area contributed by atoms with Gasteiger partial charge in [0, 0.05) is 32.7 Å². The zero-order valence-corrected chi connectivity index (χ0v) is 17.9. The average molecular weight is 410 g/mol. The first-order valence-corrected chi connectivity index (χ1v) is 10.1. The van der Waals surface area contributed by atoms with E-state index in [1.165, 1.54) is 5.56 Å². The van der Waals surface area contributed by atoms with E-state index in [2.05, 4.69) is 20.9 Å². The van der Waals surface area contributed by atoms with Crippen LogP contribution in [0.25, 0.3) is 0 Å². The average Bonchev–Trinajstić information content (AvgIpc) is 2.76. The SMILES string of the molecule is CCNC(=NCc1ccc(C(=O)N(C)C)cc1)NCC(=O)NCCc1ccccc1. The minimum absolute atomic E-state index is 0.0293. The standard InChI is InChI=1S/C23H31N5O2/c1-4-24-23(26-16-19-10-12-20(13-11-19)22(30)28(2)3)27-17-21(29)25-15-14-18-8-6-5-7-9-18/h5-13H,4,14-17H2,1-3H3,(H,25,29)(H2,24,26,27). The van der Waals surface area contributed by atoms with E-state index in [1.54, 1.807) is 31.1 Å². The molecule has 0 spiro atoms. The Morgan fingerprint density at radius 3 is 2.23 bits per heavy atom. The van der Waals surface area contributed by atoms with Gasteiger partial charge in [-0.2, -0.15) is 0 Å². The summed E-state index contributed by atoms with van der Waals surface area (Å²) in [5.74, 6) is 0.463. The van der Waals surface area contributed by atoms with Crippen LogP contribution in [0, 0.1) is 0 Å². The van der Waals surface area contributed by atoms with Gasteiger partial charge in [-0.3, -0.25) is 9.59 Å². The highest BCUT2D eigenvalue weighted by Crippen LogP contribution is 2.07. The van der Waals surface area contributed by atoms with E-state index in [4.69, 9.17) is 0 Å². The quantitative estimate of drug-likeness (QED) is 0.436. The van der Waals surface area contributed by atoms with E-state index in [0.29, 0.717) is 31.2 Å². The van der Waals surface area contributed by atoms with Crippen LogP contribution in [-0.2, 0) is 17.8 Å². The molecule has 0 aliphatic rings. The number of nitrogens with zero attached hydrogens (tertiary/aromatic N) is 2. The van der Waals surface area contributed by atoms with Gasteiger partial charge in [-0.15, -0.1) is 0 Å². The van der Waals surface area contributed by atoms with Gasteiger partial charge in [0.25, 0.3) is 5.91 Å². The van der Waals surface area contributed by atoms with Crippen molar-refractivity contribution in [2.45, 2.75) is 19.9 Å². The van der Waals surface area contributed by atoms with Crippen molar-refractivity contribution in [1.29, 1.82) is 0 Å². The third-order valence-corrected chi connectivity index (χ3v) is 4.37. The molecule has 0 aromatic heterocycles. The zero-order valence-electron chi connectivity index (χ0n) is 17.9. The summed E-state index contributed by atoms with van der Waals surface area (Å²) >= 11 is 0. The molecule has 0 aliphatic carbocycles. The number of amides is 2. The van der Waals surface area contributed by atoms with Gasteiger partial charge in [0.05, 0.1) is 13.1 Å². The summed E-state index contributed by atoms with van der Waals surface area (Å²) in [6.07, 6.45) is 0.799. The van der Waals surface area contributed by atoms with Crippen molar-refractivity contribution in [3.05, 3.63) is 71.3 Å². The van der Waals surface area contributed by atoms with Crippen molar-refractivity contribution in [3.63, 3.8) is 0 Å². The number of nitrogens with one attached hydrogen (secondary N) is 3. The maximum atomic E-state index is 12.1. The summed E-state index contributed by atoms with van der Waals surface area (Å²) < 4.78 is 0. The molecule has 2 aromatic rings. The van der Waals surface area contributed by atoms with Crippen LogP contribution in [0.4, 0.5) is 0 Å². The van der Waals surface area contributed by atoms with Gasteiger partial charge in [0.2, 0.25) is 5.91 Å². The first-order valence-electron chi connectivity index (χ1n) is 10.1. The summed E-state index contributed by atoms with van der Waals surface area (Å²) in [5, 5.41) is 9.09. The molecule has 0 unspecified atom stereocenters. The molecule has 0 atom stereocenters. The van der Waals surface area contributed by atoms with Crippen molar-refractivity contribution in [2.24, 2.45) is 4.99 Å². The molecule has 160 valence electrons. The lowest BCUT2D eigenvalue weighted by molar-refractivity contribution is -0.119. The Labute approximate surface area is 178 Å². The molecule has 0 heterocycles. The Balaban J connectivity index is 1.80. The minimum atomic E-state index is -0.0805. The molecule has 3 N–H and O–H groups in total. The Morgan fingerprint density at radius 1 is 0.900 bits per heavy atom. The molecule has 0 radical (unpaired) electrons. The molecule has 0 aliphatic heterocycles. The number of aliphatic imine (C=N–C) groups is 1. The number of rotatable bonds is 9. The highest BCUT2D eigenvalue weighted by molar-refractivity contribution is 5.93. The van der Waals surface area contributed by atoms with Crippen LogP contribution in [-0.4, -0.2) is 56.4 Å². The summed E-state index contributed by atoms with van der Waals surface area (Å²) in [6.45, 7) is 3.85. The fourth-order valence-electron chi connectivity index (χ4n) is 2.74. The largest absolute Gasteiger partial charge is 0.357 e.